The van der Waals surface area contributed by atoms with Gasteiger partial charge in [-0.15, -0.1) is 0 Å². The number of nitrogens with one attached hydrogen (secondary N) is 2. The van der Waals surface area contributed by atoms with Crippen molar-refractivity contribution in [1.82, 2.24) is 20.5 Å². The fourth-order valence-electron chi connectivity index (χ4n) is 1.69. The Morgan fingerprint density at radius 1 is 1.72 bits per heavy atom. The van der Waals surface area contributed by atoms with E-state index < -0.39 is 11.5 Å². The Hall–Kier alpha value is -1.08. The van der Waals surface area contributed by atoms with Gasteiger partial charge in [-0.1, -0.05) is 25.6 Å². The van der Waals surface area contributed by atoms with E-state index in [1.807, 2.05) is 13.8 Å². The minimum absolute atomic E-state index is 0.128. The molecule has 6 nitrogen and oxygen atoms in total. The molecule has 0 spiro atoms. The number of carbonyl (C=O) groups is 1. The molecule has 18 heavy (non-hydrogen) atoms. The molecule has 0 aromatic carbocycles. The lowest BCUT2D eigenvalue weighted by Gasteiger charge is -2.28. The number of H-pyrrole nitrogens is 1. The number of hydrogen-bond donors (Lipinski definition) is 3. The number of carboxylic acid groups (broad SMARTS) is 1. The van der Waals surface area contributed by atoms with Crippen molar-refractivity contribution < 1.29 is 9.90 Å². The lowest BCUT2D eigenvalue weighted by atomic mass is 9.96. The van der Waals surface area contributed by atoms with Crippen LogP contribution < -0.4 is 5.32 Å². The Bertz CT molecular complexity index is 371. The van der Waals surface area contributed by atoms with Crippen LogP contribution in [0, 0.1) is 0 Å². The molecule has 1 aromatic rings. The van der Waals surface area contributed by atoms with Gasteiger partial charge in [0.15, 0.2) is 5.16 Å². The van der Waals surface area contributed by atoms with Crippen LogP contribution >= 0.6 is 11.8 Å². The number of aliphatic carboxylic acids is 1. The van der Waals surface area contributed by atoms with Crippen LogP contribution in [0.3, 0.4) is 0 Å². The second kappa shape index (κ2) is 6.75. The summed E-state index contributed by atoms with van der Waals surface area (Å²) in [5.74, 6) is -0.819. The number of thioether (sulfide) groups is 1. The zero-order valence-corrected chi connectivity index (χ0v) is 11.8. The smallest absolute Gasteiger partial charge is 0.323 e. The van der Waals surface area contributed by atoms with Crippen molar-refractivity contribution in [1.29, 1.82) is 0 Å². The van der Waals surface area contributed by atoms with Crippen LogP contribution in [0.15, 0.2) is 11.5 Å². The Labute approximate surface area is 111 Å². The summed E-state index contributed by atoms with van der Waals surface area (Å²) in [6.45, 7) is 6.43. The lowest BCUT2D eigenvalue weighted by molar-refractivity contribution is -0.144. The lowest BCUT2D eigenvalue weighted by Crippen LogP contribution is -2.51. The highest BCUT2D eigenvalue weighted by atomic mass is 32.2. The number of carboxylic acids is 1. The molecule has 1 heterocycles. The van der Waals surface area contributed by atoms with Crippen LogP contribution in [0.5, 0.6) is 0 Å². The SMILES string of the molecule is CCCNC(C)(CC(C)Sc1ncn[nH]1)C(=O)O. The van der Waals surface area contributed by atoms with Crippen LogP contribution in [-0.2, 0) is 4.79 Å². The van der Waals surface area contributed by atoms with Gasteiger partial charge in [-0.25, -0.2) is 4.98 Å². The van der Waals surface area contributed by atoms with Crippen LogP contribution in [0.1, 0.15) is 33.6 Å². The van der Waals surface area contributed by atoms with Crippen molar-refractivity contribution >= 4 is 17.7 Å². The van der Waals surface area contributed by atoms with Crippen molar-refractivity contribution in [3.05, 3.63) is 6.33 Å². The first-order valence-corrected chi connectivity index (χ1v) is 6.86. The predicted molar refractivity (Wildman–Crippen MR) is 70.7 cm³/mol. The molecule has 0 aliphatic rings. The Kier molecular flexibility index (Phi) is 5.61. The van der Waals surface area contributed by atoms with Crippen LogP contribution in [0.4, 0.5) is 0 Å². The third kappa shape index (κ3) is 4.30. The van der Waals surface area contributed by atoms with E-state index in [2.05, 4.69) is 20.5 Å². The number of aromatic nitrogens is 3. The Balaban J connectivity index is 2.57. The average molecular weight is 272 g/mol. The highest BCUT2D eigenvalue weighted by Crippen LogP contribution is 2.26. The van der Waals surface area contributed by atoms with Crippen molar-refractivity contribution in [2.24, 2.45) is 0 Å². The predicted octanol–water partition coefficient (Wildman–Crippen LogP) is 1.52. The van der Waals surface area contributed by atoms with Crippen LogP contribution in [0.25, 0.3) is 0 Å². The standard InChI is InChI=1S/C11H20N4O2S/c1-4-5-13-11(3,9(16)17)6-8(2)18-10-12-7-14-15-10/h7-8,13H,4-6H2,1-3H3,(H,16,17)(H,12,14,15). The molecular weight excluding hydrogens is 252 g/mol. The monoisotopic (exact) mass is 272 g/mol. The molecule has 0 amide bonds. The van der Waals surface area contributed by atoms with Gasteiger partial charge in [0.25, 0.3) is 0 Å². The fraction of sp³-hybridized carbons (Fsp3) is 0.727. The highest BCUT2D eigenvalue weighted by Gasteiger charge is 2.34. The number of aromatic amines is 1. The first kappa shape index (κ1) is 15.0. The maximum Gasteiger partial charge on any atom is 0.323 e. The van der Waals surface area contributed by atoms with Gasteiger partial charge in [0.05, 0.1) is 0 Å². The second-order valence-corrected chi connectivity index (χ2v) is 5.91. The summed E-state index contributed by atoms with van der Waals surface area (Å²) in [6, 6.07) is 0. The molecule has 2 unspecified atom stereocenters. The number of rotatable bonds is 8. The van der Waals surface area contributed by atoms with Crippen molar-refractivity contribution in [3.63, 3.8) is 0 Å². The van der Waals surface area contributed by atoms with Crippen LogP contribution in [-0.4, -0.2) is 43.6 Å². The van der Waals surface area contributed by atoms with E-state index in [4.69, 9.17) is 0 Å². The van der Waals surface area contributed by atoms with E-state index in [1.165, 1.54) is 18.1 Å². The number of nitrogens with zero attached hydrogens (tertiary/aromatic N) is 2. The van der Waals surface area contributed by atoms with Gasteiger partial charge < -0.3 is 10.4 Å². The summed E-state index contributed by atoms with van der Waals surface area (Å²) in [4.78, 5) is 15.4. The second-order valence-electron chi connectivity index (χ2n) is 4.49. The van der Waals surface area contributed by atoms with E-state index in [1.54, 1.807) is 6.92 Å². The first-order valence-electron chi connectivity index (χ1n) is 5.98. The van der Waals surface area contributed by atoms with Gasteiger partial charge in [0.1, 0.15) is 11.9 Å². The van der Waals surface area contributed by atoms with Gasteiger partial charge in [0, 0.05) is 5.25 Å². The third-order valence-electron chi connectivity index (χ3n) is 2.64. The van der Waals surface area contributed by atoms with E-state index in [0.29, 0.717) is 18.1 Å². The quantitative estimate of drug-likeness (QED) is 0.622. The first-order chi connectivity index (χ1) is 8.48. The van der Waals surface area contributed by atoms with Gasteiger partial charge in [-0.05, 0) is 26.3 Å². The van der Waals surface area contributed by atoms with E-state index in [9.17, 15) is 9.90 Å². The molecule has 3 N–H and O–H groups in total. The normalized spacial score (nSPS) is 16.2. The van der Waals surface area contributed by atoms with Gasteiger partial charge in [0.2, 0.25) is 0 Å². The molecule has 1 aromatic heterocycles. The molecular formula is C11H20N4O2S. The number of hydrogen-bond acceptors (Lipinski definition) is 5. The van der Waals surface area contributed by atoms with E-state index in [0.717, 1.165) is 6.42 Å². The van der Waals surface area contributed by atoms with Gasteiger partial charge >= 0.3 is 5.97 Å². The van der Waals surface area contributed by atoms with Crippen LogP contribution in [0.2, 0.25) is 0 Å². The minimum atomic E-state index is -0.900. The highest BCUT2D eigenvalue weighted by molar-refractivity contribution is 7.99. The summed E-state index contributed by atoms with van der Waals surface area (Å²) in [6.07, 6.45) is 2.88. The molecule has 0 fully saturated rings. The molecule has 0 aliphatic heterocycles. The van der Waals surface area contributed by atoms with E-state index >= 15 is 0 Å². The zero-order chi connectivity index (χ0) is 13.6. The molecule has 0 saturated heterocycles. The molecule has 0 radical (unpaired) electrons. The maximum absolute atomic E-state index is 11.4. The molecule has 0 bridgehead atoms. The minimum Gasteiger partial charge on any atom is -0.480 e. The van der Waals surface area contributed by atoms with Crippen molar-refractivity contribution in [2.45, 2.75) is 49.6 Å². The average Bonchev–Trinajstić information content (AvgIpc) is 2.78. The third-order valence-corrected chi connectivity index (χ3v) is 3.63. The summed E-state index contributed by atoms with van der Waals surface area (Å²) in [7, 11) is 0. The molecule has 102 valence electrons. The summed E-state index contributed by atoms with van der Waals surface area (Å²) in [5.41, 5.74) is -0.900. The molecule has 0 saturated carbocycles. The molecule has 0 aliphatic carbocycles. The summed E-state index contributed by atoms with van der Waals surface area (Å²) >= 11 is 1.50. The maximum atomic E-state index is 11.4. The topological polar surface area (TPSA) is 90.9 Å². The molecule has 2 atom stereocenters. The van der Waals surface area contributed by atoms with E-state index in [-0.39, 0.29) is 5.25 Å². The zero-order valence-electron chi connectivity index (χ0n) is 10.9. The Morgan fingerprint density at radius 3 is 2.94 bits per heavy atom. The van der Waals surface area contributed by atoms with Gasteiger partial charge in [-0.3, -0.25) is 9.89 Å². The molecule has 1 rings (SSSR count). The van der Waals surface area contributed by atoms with Crippen molar-refractivity contribution in [3.8, 4) is 0 Å². The Morgan fingerprint density at radius 2 is 2.44 bits per heavy atom. The molecule has 7 heteroatoms. The van der Waals surface area contributed by atoms with Crippen molar-refractivity contribution in [2.75, 3.05) is 6.54 Å². The summed E-state index contributed by atoms with van der Waals surface area (Å²) in [5, 5.41) is 19.8. The van der Waals surface area contributed by atoms with Gasteiger partial charge in [-0.2, -0.15) is 5.10 Å². The largest absolute Gasteiger partial charge is 0.480 e. The fourth-order valence-corrected chi connectivity index (χ4v) is 2.71. The summed E-state index contributed by atoms with van der Waals surface area (Å²) < 4.78 is 0.